The number of nitro benzene ring substituents is 2. The van der Waals surface area contributed by atoms with Gasteiger partial charge < -0.3 is 0 Å². The number of non-ortho nitro benzene ring substituents is 1. The Bertz CT molecular complexity index is 887. The van der Waals surface area contributed by atoms with Crippen LogP contribution >= 0.6 is 0 Å². The summed E-state index contributed by atoms with van der Waals surface area (Å²) in [6.45, 7) is 0. The molecule has 0 fully saturated rings. The van der Waals surface area contributed by atoms with Gasteiger partial charge in [-0.05, 0) is 0 Å². The van der Waals surface area contributed by atoms with Gasteiger partial charge in [0.2, 0.25) is 0 Å². The van der Waals surface area contributed by atoms with E-state index in [0.717, 1.165) is 5.56 Å². The van der Waals surface area contributed by atoms with Crippen LogP contribution in [0.25, 0.3) is 0 Å². The van der Waals surface area contributed by atoms with Crippen LogP contribution in [0.2, 0.25) is 17.0 Å². The molecule has 0 N–H and O–H groups in total. The number of rotatable bonds is 8. The summed E-state index contributed by atoms with van der Waals surface area (Å²) < 4.78 is 5.38. The summed E-state index contributed by atoms with van der Waals surface area (Å²) in [6, 6.07) is 10.7. The Morgan fingerprint density at radius 1 is 0.963 bits per heavy atom. The van der Waals surface area contributed by atoms with Gasteiger partial charge >= 0.3 is 156 Å². The van der Waals surface area contributed by atoms with Crippen LogP contribution in [0.4, 0.5) is 17.1 Å². The van der Waals surface area contributed by atoms with Crippen LogP contribution in [-0.4, -0.2) is 27.9 Å². The molecule has 144 valence electrons. The topological polar surface area (TPSA) is 139 Å². The molecule has 2 rings (SSSR count). The van der Waals surface area contributed by atoms with E-state index >= 15 is 0 Å². The van der Waals surface area contributed by atoms with Crippen molar-refractivity contribution in [1.82, 2.24) is 0 Å². The van der Waals surface area contributed by atoms with Gasteiger partial charge in [0.05, 0.1) is 0 Å². The Kier molecular flexibility index (Phi) is 6.09. The first kappa shape index (κ1) is 20.3. The Hall–Kier alpha value is -3.04. The molecule has 2 aromatic rings. The van der Waals surface area contributed by atoms with Crippen LogP contribution in [0, 0.1) is 25.1 Å². The standard InChI is InChI=1S/C16H17N3O7Se/c1-27(2,9-8-12-6-4-3-5-7-12)26-19(25)15-11-13(17(21)22)10-14(16(15)20)18(23)24/h3-7,10-11H,8-9H2,1-2H3. The minimum absolute atomic E-state index is 0.118. The molecule has 0 aliphatic rings. The van der Waals surface area contributed by atoms with Gasteiger partial charge in [0.1, 0.15) is 0 Å². The van der Waals surface area contributed by atoms with Crippen molar-refractivity contribution in [2.45, 2.75) is 23.4 Å². The Morgan fingerprint density at radius 2 is 1.56 bits per heavy atom. The molecule has 0 radical (unpaired) electrons. The first-order valence-corrected chi connectivity index (χ1v) is 13.0. The van der Waals surface area contributed by atoms with Crippen molar-refractivity contribution in [2.24, 2.45) is 0 Å². The molecule has 0 spiro atoms. The van der Waals surface area contributed by atoms with E-state index < -0.39 is 45.8 Å². The zero-order valence-electron chi connectivity index (χ0n) is 14.6. The first-order chi connectivity index (χ1) is 12.6. The van der Waals surface area contributed by atoms with Gasteiger partial charge in [-0.25, -0.2) is 0 Å². The molecule has 0 saturated heterocycles. The summed E-state index contributed by atoms with van der Waals surface area (Å²) in [5.74, 6) is 2.30. The van der Waals surface area contributed by atoms with Crippen molar-refractivity contribution in [2.75, 3.05) is 0 Å². The second-order valence-electron chi connectivity index (χ2n) is 6.04. The van der Waals surface area contributed by atoms with Crippen molar-refractivity contribution in [3.05, 3.63) is 73.2 Å². The maximum absolute atomic E-state index is 12.3. The molecule has 0 aliphatic heterocycles. The van der Waals surface area contributed by atoms with E-state index in [0.29, 0.717) is 23.9 Å². The molecule has 0 atom stereocenters. The first-order valence-electron chi connectivity index (χ1n) is 7.66. The fourth-order valence-electron chi connectivity index (χ4n) is 2.23. The summed E-state index contributed by atoms with van der Waals surface area (Å²) in [7, 11) is 0. The normalized spacial score (nSPS) is 11.6. The van der Waals surface area contributed by atoms with Crippen LogP contribution in [0.1, 0.15) is 5.56 Å². The molecule has 0 saturated carbocycles. The quantitative estimate of drug-likeness (QED) is 0.347. The van der Waals surface area contributed by atoms with Gasteiger partial charge in [-0.2, -0.15) is 0 Å². The molecule has 0 amide bonds. The number of nitrogens with zero attached hydrogens (tertiary/aromatic N) is 3. The third-order valence-corrected chi connectivity index (χ3v) is 7.26. The molecular formula is C16H17N3O7Se. The molecule has 2 aromatic carbocycles. The summed E-state index contributed by atoms with van der Waals surface area (Å²) in [5.41, 5.74) is -1.50. The number of aryl methyl sites for hydroxylation is 1. The van der Waals surface area contributed by atoms with Gasteiger partial charge in [0.25, 0.3) is 0 Å². The van der Waals surface area contributed by atoms with Crippen LogP contribution in [0.5, 0.6) is 5.75 Å². The van der Waals surface area contributed by atoms with E-state index in [1.807, 2.05) is 30.3 Å². The van der Waals surface area contributed by atoms with E-state index in [1.54, 1.807) is 11.6 Å². The molecule has 0 bridgehead atoms. The zero-order valence-corrected chi connectivity index (χ0v) is 16.3. The average molecular weight is 442 g/mol. The summed E-state index contributed by atoms with van der Waals surface area (Å²) in [6.07, 6.45) is 0.654. The monoisotopic (exact) mass is 443 g/mol. The molecule has 10 nitrogen and oxygen atoms in total. The summed E-state index contributed by atoms with van der Waals surface area (Å²) in [4.78, 5) is 32.1. The molecule has 0 heterocycles. The fraction of sp³-hybridized carbons (Fsp3) is 0.250. The Balaban J connectivity index is 2.23. The molecule has 0 unspecified atom stereocenters. The van der Waals surface area contributed by atoms with Crippen molar-refractivity contribution < 1.29 is 23.8 Å². The van der Waals surface area contributed by atoms with Gasteiger partial charge in [-0.15, -0.1) is 0 Å². The van der Waals surface area contributed by atoms with Gasteiger partial charge in [-0.3, -0.25) is 0 Å². The second-order valence-corrected chi connectivity index (χ2v) is 13.2. The van der Waals surface area contributed by atoms with E-state index in [-0.39, 0.29) is 4.92 Å². The van der Waals surface area contributed by atoms with Crippen molar-refractivity contribution in [3.8, 4) is 5.75 Å². The van der Waals surface area contributed by atoms with Crippen molar-refractivity contribution in [1.29, 1.82) is 0 Å². The van der Waals surface area contributed by atoms with Crippen LogP contribution in [0.15, 0.2) is 42.5 Å². The molecule has 0 aliphatic carbocycles. The summed E-state index contributed by atoms with van der Waals surface area (Å²) >= 11 is -2.81. The second kappa shape index (κ2) is 8.11. The van der Waals surface area contributed by atoms with Crippen molar-refractivity contribution in [3.63, 3.8) is 0 Å². The van der Waals surface area contributed by atoms with Crippen LogP contribution < -0.4 is 5.11 Å². The number of nitro groups is 2. The van der Waals surface area contributed by atoms with E-state index in [9.17, 15) is 30.2 Å². The number of hydrogen-bond donors (Lipinski definition) is 0. The fourth-order valence-corrected chi connectivity index (χ4v) is 4.85. The van der Waals surface area contributed by atoms with E-state index in [4.69, 9.17) is 3.92 Å². The molecular weight excluding hydrogens is 425 g/mol. The number of hydrogen-bond acceptors (Lipinski definition) is 7. The molecule has 27 heavy (non-hydrogen) atoms. The SMILES string of the molecule is C[Se](C)(CCc1ccccc1)O[N+](=O)c1cc([N+](=O)[O-])cc([N+](=O)[O-])c1[O-]. The van der Waals surface area contributed by atoms with Gasteiger partial charge in [0, 0.05) is 0 Å². The average Bonchev–Trinajstić information content (AvgIpc) is 2.60. The predicted octanol–water partition coefficient (Wildman–Crippen LogP) is 3.37. The van der Waals surface area contributed by atoms with Gasteiger partial charge in [-0.1, -0.05) is 0 Å². The Labute approximate surface area is 156 Å². The van der Waals surface area contributed by atoms with Crippen molar-refractivity contribution >= 4 is 30.2 Å². The van der Waals surface area contributed by atoms with Crippen LogP contribution in [-0.2, 0) is 10.3 Å². The van der Waals surface area contributed by atoms with Gasteiger partial charge in [0.15, 0.2) is 0 Å². The maximum atomic E-state index is 12.3. The number of benzene rings is 2. The van der Waals surface area contributed by atoms with E-state index in [2.05, 4.69) is 0 Å². The van der Waals surface area contributed by atoms with Crippen LogP contribution in [0.3, 0.4) is 0 Å². The molecule has 0 aromatic heterocycles. The molecule has 11 heteroatoms. The third-order valence-electron chi connectivity index (χ3n) is 3.63. The minimum atomic E-state index is -2.81. The predicted molar refractivity (Wildman–Crippen MR) is 96.0 cm³/mol. The zero-order chi connectivity index (χ0) is 20.2. The Morgan fingerprint density at radius 3 is 2.11 bits per heavy atom. The van der Waals surface area contributed by atoms with E-state index in [1.165, 1.54) is 0 Å². The summed E-state index contributed by atoms with van der Waals surface area (Å²) in [5, 5.41) is 34.6. The third kappa shape index (κ3) is 5.22.